The second kappa shape index (κ2) is 6.23. The van der Waals surface area contributed by atoms with Crippen LogP contribution in [0.3, 0.4) is 0 Å². The minimum absolute atomic E-state index is 0.0762. The summed E-state index contributed by atoms with van der Waals surface area (Å²) in [6.07, 6.45) is 4.20. The first-order chi connectivity index (χ1) is 8.38. The van der Waals surface area contributed by atoms with Crippen molar-refractivity contribution in [1.29, 1.82) is 0 Å². The summed E-state index contributed by atoms with van der Waals surface area (Å²) in [4.78, 5) is 0. The summed E-state index contributed by atoms with van der Waals surface area (Å²) < 4.78 is 5.00. The van der Waals surface area contributed by atoms with Crippen LogP contribution in [-0.4, -0.2) is 17.8 Å². The number of furan rings is 1. The molecule has 0 radical (unpaired) electrons. The molecule has 3 nitrogen and oxygen atoms in total. The highest BCUT2D eigenvalue weighted by Crippen LogP contribution is 2.05. The number of benzene rings is 1. The molecule has 1 aromatic carbocycles. The number of hydrogen-bond donors (Lipinski definition) is 2. The van der Waals surface area contributed by atoms with E-state index in [1.807, 2.05) is 24.3 Å². The van der Waals surface area contributed by atoms with Gasteiger partial charge in [-0.15, -0.1) is 0 Å². The van der Waals surface area contributed by atoms with Crippen LogP contribution in [0.5, 0.6) is 0 Å². The predicted molar refractivity (Wildman–Crippen MR) is 66.6 cm³/mol. The molecule has 1 heterocycles. The molecule has 1 atom stereocenters. The van der Waals surface area contributed by atoms with Gasteiger partial charge < -0.3 is 14.8 Å². The highest BCUT2D eigenvalue weighted by molar-refractivity contribution is 5.16. The lowest BCUT2D eigenvalue weighted by molar-refractivity contribution is 0.240. The summed E-state index contributed by atoms with van der Waals surface area (Å²) in [6, 6.07) is 12.2. The van der Waals surface area contributed by atoms with E-state index in [2.05, 4.69) is 17.4 Å². The van der Waals surface area contributed by atoms with Crippen molar-refractivity contribution in [1.82, 2.24) is 5.32 Å². The average Bonchev–Trinajstić information content (AvgIpc) is 2.89. The molecule has 0 saturated carbocycles. The molecule has 0 spiro atoms. The summed E-state index contributed by atoms with van der Waals surface area (Å²) in [5.41, 5.74) is 2.32. The molecule has 2 rings (SSSR count). The molecule has 0 aliphatic carbocycles. The van der Waals surface area contributed by atoms with Crippen LogP contribution in [0.25, 0.3) is 0 Å². The minimum atomic E-state index is 0.0762. The molecular weight excluding hydrogens is 214 g/mol. The van der Waals surface area contributed by atoms with Gasteiger partial charge in [-0.05, 0) is 18.1 Å². The normalized spacial score (nSPS) is 12.5. The summed E-state index contributed by atoms with van der Waals surface area (Å²) in [6.45, 7) is 0.849. The van der Waals surface area contributed by atoms with Crippen molar-refractivity contribution in [3.8, 4) is 0 Å². The molecule has 0 bridgehead atoms. The van der Waals surface area contributed by atoms with Crippen LogP contribution in [0.1, 0.15) is 11.1 Å². The second-order valence-electron chi connectivity index (χ2n) is 4.08. The lowest BCUT2D eigenvalue weighted by atomic mass is 10.1. The van der Waals surface area contributed by atoms with Gasteiger partial charge in [-0.1, -0.05) is 30.3 Å². The van der Waals surface area contributed by atoms with Crippen LogP contribution in [0, 0.1) is 0 Å². The van der Waals surface area contributed by atoms with E-state index in [4.69, 9.17) is 4.42 Å². The van der Waals surface area contributed by atoms with Crippen molar-refractivity contribution >= 4 is 0 Å². The maximum absolute atomic E-state index is 9.33. The summed E-state index contributed by atoms with van der Waals surface area (Å²) >= 11 is 0. The van der Waals surface area contributed by atoms with Crippen molar-refractivity contribution in [3.05, 3.63) is 60.1 Å². The lowest BCUT2D eigenvalue weighted by Gasteiger charge is -2.15. The smallest absolute Gasteiger partial charge is 0.0947 e. The number of aliphatic hydroxyl groups is 1. The SMILES string of the molecule is OC[C@H](Cc1ccccc1)NCc1ccoc1. The van der Waals surface area contributed by atoms with Crippen molar-refractivity contribution in [2.45, 2.75) is 19.0 Å². The van der Waals surface area contributed by atoms with Gasteiger partial charge in [0.05, 0.1) is 19.1 Å². The predicted octanol–water partition coefficient (Wildman–Crippen LogP) is 1.97. The Balaban J connectivity index is 1.85. The van der Waals surface area contributed by atoms with Crippen molar-refractivity contribution in [2.24, 2.45) is 0 Å². The van der Waals surface area contributed by atoms with Gasteiger partial charge >= 0.3 is 0 Å². The Bertz CT molecular complexity index is 411. The average molecular weight is 231 g/mol. The zero-order valence-electron chi connectivity index (χ0n) is 9.67. The molecule has 0 saturated heterocycles. The van der Waals surface area contributed by atoms with E-state index in [1.165, 1.54) is 5.56 Å². The van der Waals surface area contributed by atoms with Crippen molar-refractivity contribution < 1.29 is 9.52 Å². The number of nitrogens with one attached hydrogen (secondary N) is 1. The third-order valence-electron chi connectivity index (χ3n) is 2.72. The van der Waals surface area contributed by atoms with Crippen molar-refractivity contribution in [2.75, 3.05) is 6.61 Å². The molecule has 90 valence electrons. The molecule has 17 heavy (non-hydrogen) atoms. The van der Waals surface area contributed by atoms with Crippen LogP contribution in [0.4, 0.5) is 0 Å². The lowest BCUT2D eigenvalue weighted by Crippen LogP contribution is -2.33. The van der Waals surface area contributed by atoms with Gasteiger partial charge in [0.25, 0.3) is 0 Å². The number of rotatable bonds is 6. The van der Waals surface area contributed by atoms with Crippen LogP contribution < -0.4 is 5.32 Å². The highest BCUT2D eigenvalue weighted by Gasteiger charge is 2.07. The van der Waals surface area contributed by atoms with E-state index >= 15 is 0 Å². The van der Waals surface area contributed by atoms with E-state index in [0.29, 0.717) is 6.54 Å². The van der Waals surface area contributed by atoms with Gasteiger partial charge in [-0.25, -0.2) is 0 Å². The topological polar surface area (TPSA) is 45.4 Å². The molecule has 0 unspecified atom stereocenters. The van der Waals surface area contributed by atoms with Gasteiger partial charge in [0.1, 0.15) is 0 Å². The number of hydrogen-bond acceptors (Lipinski definition) is 3. The first kappa shape index (κ1) is 11.9. The molecule has 0 aliphatic heterocycles. The van der Waals surface area contributed by atoms with E-state index in [0.717, 1.165) is 12.0 Å². The van der Waals surface area contributed by atoms with Crippen LogP contribution in [0.15, 0.2) is 53.3 Å². The highest BCUT2D eigenvalue weighted by atomic mass is 16.3. The first-order valence-electron chi connectivity index (χ1n) is 5.77. The standard InChI is InChI=1S/C14H17NO2/c16-10-14(8-12-4-2-1-3-5-12)15-9-13-6-7-17-11-13/h1-7,11,14-16H,8-10H2/t14-/m0/s1. The van der Waals surface area contributed by atoms with E-state index in [9.17, 15) is 5.11 Å². The molecular formula is C14H17NO2. The fourth-order valence-corrected chi connectivity index (χ4v) is 1.76. The Labute approximate surface area is 101 Å². The molecule has 2 aromatic rings. The molecule has 2 N–H and O–H groups in total. The molecule has 3 heteroatoms. The molecule has 1 aromatic heterocycles. The largest absolute Gasteiger partial charge is 0.472 e. The Morgan fingerprint density at radius 2 is 1.94 bits per heavy atom. The molecule has 0 amide bonds. The van der Waals surface area contributed by atoms with Gasteiger partial charge in [0.2, 0.25) is 0 Å². The zero-order chi connectivity index (χ0) is 11.9. The monoisotopic (exact) mass is 231 g/mol. The summed E-state index contributed by atoms with van der Waals surface area (Å²) in [7, 11) is 0. The van der Waals surface area contributed by atoms with Gasteiger partial charge in [0.15, 0.2) is 0 Å². The van der Waals surface area contributed by atoms with E-state index < -0.39 is 0 Å². The van der Waals surface area contributed by atoms with Crippen LogP contribution in [-0.2, 0) is 13.0 Å². The summed E-state index contributed by atoms with van der Waals surface area (Å²) in [5.74, 6) is 0. The fraction of sp³-hybridized carbons (Fsp3) is 0.286. The maximum atomic E-state index is 9.33. The first-order valence-corrected chi connectivity index (χ1v) is 5.77. The fourth-order valence-electron chi connectivity index (χ4n) is 1.76. The maximum Gasteiger partial charge on any atom is 0.0947 e. The Kier molecular flexibility index (Phi) is 4.36. The van der Waals surface area contributed by atoms with Crippen LogP contribution >= 0.6 is 0 Å². The van der Waals surface area contributed by atoms with Gasteiger partial charge in [-0.2, -0.15) is 0 Å². The third-order valence-corrected chi connectivity index (χ3v) is 2.72. The van der Waals surface area contributed by atoms with E-state index in [-0.39, 0.29) is 12.6 Å². The molecule has 0 aliphatic rings. The summed E-state index contributed by atoms with van der Waals surface area (Å²) in [5, 5.41) is 12.6. The minimum Gasteiger partial charge on any atom is -0.472 e. The van der Waals surface area contributed by atoms with Crippen LogP contribution in [0.2, 0.25) is 0 Å². The number of aliphatic hydroxyl groups excluding tert-OH is 1. The van der Waals surface area contributed by atoms with E-state index in [1.54, 1.807) is 12.5 Å². The quantitative estimate of drug-likeness (QED) is 0.799. The van der Waals surface area contributed by atoms with Gasteiger partial charge in [0, 0.05) is 18.2 Å². The zero-order valence-corrected chi connectivity index (χ0v) is 9.67. The Hall–Kier alpha value is -1.58. The third kappa shape index (κ3) is 3.73. The van der Waals surface area contributed by atoms with Crippen molar-refractivity contribution in [3.63, 3.8) is 0 Å². The van der Waals surface area contributed by atoms with Gasteiger partial charge in [-0.3, -0.25) is 0 Å². The second-order valence-corrected chi connectivity index (χ2v) is 4.08. The Morgan fingerprint density at radius 3 is 2.59 bits per heavy atom. The Morgan fingerprint density at radius 1 is 1.12 bits per heavy atom. The molecule has 0 fully saturated rings.